The van der Waals surface area contributed by atoms with Crippen LogP contribution >= 0.6 is 0 Å². The van der Waals surface area contributed by atoms with Crippen molar-refractivity contribution in [3.63, 3.8) is 0 Å². The highest BCUT2D eigenvalue weighted by atomic mass is 16.5. The number of aryl methyl sites for hydroxylation is 2. The third-order valence-corrected chi connectivity index (χ3v) is 22.8. The van der Waals surface area contributed by atoms with Crippen LogP contribution in [-0.2, 0) is 66.5 Å². The van der Waals surface area contributed by atoms with Gasteiger partial charge in [0.25, 0.3) is 23.6 Å². The zero-order valence-corrected chi connectivity index (χ0v) is 65.0. The van der Waals surface area contributed by atoms with Gasteiger partial charge in [-0.15, -0.1) is 0 Å². The van der Waals surface area contributed by atoms with Crippen molar-refractivity contribution in [2.24, 2.45) is 21.7 Å². The van der Waals surface area contributed by atoms with E-state index in [1.165, 1.54) is 5.56 Å². The fraction of sp³-hybridized carbons (Fsp3) is 0.659. The average Bonchev–Trinajstić information content (AvgIpc) is 0.764. The van der Waals surface area contributed by atoms with E-state index in [2.05, 4.69) is 201 Å². The molecule has 4 amide bonds. The van der Waals surface area contributed by atoms with Gasteiger partial charge in [-0.2, -0.15) is 0 Å². The second kappa shape index (κ2) is 31.9. The molecular formula is C82H130N4O8. The number of carbonyl (C=O) groups is 4. The molecule has 94 heavy (non-hydrogen) atoms. The van der Waals surface area contributed by atoms with Crippen LogP contribution < -0.4 is 18.9 Å². The van der Waals surface area contributed by atoms with Gasteiger partial charge in [-0.05, 0) is 179 Å². The van der Waals surface area contributed by atoms with Crippen LogP contribution in [0.3, 0.4) is 0 Å². The Hall–Kier alpha value is -6.04. The maximum absolute atomic E-state index is 14.5. The largest absolute Gasteiger partial charge is 0.483 e. The van der Waals surface area contributed by atoms with Crippen molar-refractivity contribution in [3.05, 3.63) is 115 Å². The normalized spacial score (nSPS) is 12.8. The molecule has 0 saturated carbocycles. The predicted octanol–water partition coefficient (Wildman–Crippen LogP) is 17.6. The smallest absolute Gasteiger partial charge is 0.260 e. The lowest BCUT2D eigenvalue weighted by atomic mass is 9.64. The van der Waals surface area contributed by atoms with Gasteiger partial charge in [0, 0.05) is 71.6 Å². The number of benzene rings is 4. The highest BCUT2D eigenvalue weighted by molar-refractivity contribution is 5.79. The molecule has 0 aliphatic heterocycles. The van der Waals surface area contributed by atoms with E-state index in [1.807, 2.05) is 55.4 Å². The molecule has 0 N–H and O–H groups in total. The molecule has 0 spiro atoms. The number of carbonyl (C=O) groups excluding carboxylic acids is 4. The lowest BCUT2D eigenvalue weighted by molar-refractivity contribution is -0.133. The van der Waals surface area contributed by atoms with Gasteiger partial charge in [0.1, 0.15) is 23.0 Å². The number of ether oxygens (including phenoxy) is 4. The van der Waals surface area contributed by atoms with Gasteiger partial charge in [-0.25, -0.2) is 0 Å². The molecule has 4 aromatic carbocycles. The zero-order valence-electron chi connectivity index (χ0n) is 65.0. The molecule has 12 heteroatoms. The second-order valence-corrected chi connectivity index (χ2v) is 32.5. The summed E-state index contributed by atoms with van der Waals surface area (Å²) in [5.74, 6) is 2.10. The summed E-state index contributed by atoms with van der Waals surface area (Å²) in [5.41, 5.74) is 9.59. The van der Waals surface area contributed by atoms with Crippen molar-refractivity contribution >= 4 is 23.6 Å². The van der Waals surface area contributed by atoms with Gasteiger partial charge in [0.05, 0.1) is 0 Å². The van der Waals surface area contributed by atoms with Gasteiger partial charge >= 0.3 is 0 Å². The SMILES string of the molecule is CCc1cc(C(C)(C)C(C)(C)C)cc(Cc2cc(C(C)(C)C(C)(C)C)cc(Cc3cc(C(C)(C)C(C)(C)C)cc(Cc4cc(C(C)(C)C(C)(C)C)cc(C)c4OCC(=O)N(CC)CC)c3OCC(=O)N(CC)CC)c2OCC(=O)N(CC)CC)c1OCC(=O)N(CC)CC. The third kappa shape index (κ3) is 18.3. The number of amides is 4. The van der Waals surface area contributed by atoms with Crippen LogP contribution in [0.4, 0.5) is 0 Å². The van der Waals surface area contributed by atoms with E-state index < -0.39 is 10.8 Å². The Morgan fingerprint density at radius 3 is 0.670 bits per heavy atom. The van der Waals surface area contributed by atoms with Gasteiger partial charge in [-0.1, -0.05) is 194 Å². The van der Waals surface area contributed by atoms with E-state index >= 15 is 0 Å². The van der Waals surface area contributed by atoms with Crippen LogP contribution in [0.2, 0.25) is 0 Å². The van der Waals surface area contributed by atoms with Crippen LogP contribution in [-0.4, -0.2) is 122 Å². The first-order chi connectivity index (χ1) is 43.3. The topological polar surface area (TPSA) is 118 Å². The van der Waals surface area contributed by atoms with E-state index in [-0.39, 0.29) is 82.5 Å². The highest BCUT2D eigenvalue weighted by Crippen LogP contribution is 2.50. The van der Waals surface area contributed by atoms with Gasteiger partial charge in [0.2, 0.25) is 0 Å². The summed E-state index contributed by atoms with van der Waals surface area (Å²) in [7, 11) is 0. The fourth-order valence-corrected chi connectivity index (χ4v) is 11.9. The molecule has 0 fully saturated rings. The number of likely N-dealkylation sites (N-methyl/N-ethyl adjacent to an activating group) is 4. The van der Waals surface area contributed by atoms with Crippen molar-refractivity contribution in [1.82, 2.24) is 19.6 Å². The molecule has 0 aromatic heterocycles. The Kier molecular flexibility index (Phi) is 27.3. The minimum absolute atomic E-state index is 0.0777. The first-order valence-electron chi connectivity index (χ1n) is 35.6. The molecular weight excluding hydrogens is 1170 g/mol. The van der Waals surface area contributed by atoms with E-state index in [4.69, 9.17) is 18.9 Å². The molecule has 0 saturated heterocycles. The maximum atomic E-state index is 14.5. The molecule has 0 bridgehead atoms. The quantitative estimate of drug-likeness (QED) is 0.0489. The van der Waals surface area contributed by atoms with Crippen molar-refractivity contribution in [3.8, 4) is 23.0 Å². The third-order valence-electron chi connectivity index (χ3n) is 22.8. The first kappa shape index (κ1) is 80.4. The van der Waals surface area contributed by atoms with Crippen molar-refractivity contribution in [2.75, 3.05) is 78.8 Å². The summed E-state index contributed by atoms with van der Waals surface area (Å²) in [5, 5.41) is 0. The molecule has 4 aromatic rings. The number of rotatable bonds is 31. The van der Waals surface area contributed by atoms with E-state index in [1.54, 1.807) is 19.6 Å². The van der Waals surface area contributed by atoms with Crippen molar-refractivity contribution in [1.29, 1.82) is 0 Å². The molecule has 0 aliphatic carbocycles. The number of hydrogen-bond acceptors (Lipinski definition) is 8. The van der Waals surface area contributed by atoms with Gasteiger partial charge in [0.15, 0.2) is 26.4 Å². The highest BCUT2D eigenvalue weighted by Gasteiger charge is 2.41. The van der Waals surface area contributed by atoms with E-state index in [9.17, 15) is 19.2 Å². The lowest BCUT2D eigenvalue weighted by Crippen LogP contribution is -2.36. The molecule has 0 atom stereocenters. The second-order valence-electron chi connectivity index (χ2n) is 32.5. The standard InChI is InChI=1S/C82H130N4O8/c1-31-56-44-64(80(25,26)76(14,15)16)46-58(72(56)92-52-68(88)84(34-4)35-5)42-60-48-66(82(29,30)78(20,21)22)50-62(74(60)94-54-70(90)86(38-8)39-9)43-61-49-65(81(27,28)77(17,18)19)47-59(73(61)93-53-69(89)85(36-6)37-7)41-57-45-63(79(23,24)75(11,12)13)40-55(10)71(57)91-51-67(87)83(32-2)33-3/h40,44-50H,31-39,41-43,51-54H2,1-30H3. The predicted molar refractivity (Wildman–Crippen MR) is 392 cm³/mol. The molecule has 12 nitrogen and oxygen atoms in total. The van der Waals surface area contributed by atoms with Crippen LogP contribution in [0.25, 0.3) is 0 Å². The summed E-state index contributed by atoms with van der Waals surface area (Å²) in [6, 6.07) is 18.2. The van der Waals surface area contributed by atoms with Crippen molar-refractivity contribution < 1.29 is 38.1 Å². The monoisotopic (exact) mass is 1300 g/mol. The maximum Gasteiger partial charge on any atom is 0.260 e. The summed E-state index contributed by atoms with van der Waals surface area (Å²) in [4.78, 5) is 64.0. The molecule has 526 valence electrons. The number of hydrogen-bond donors (Lipinski definition) is 0. The Morgan fingerprint density at radius 1 is 0.287 bits per heavy atom. The molecule has 4 rings (SSSR count). The van der Waals surface area contributed by atoms with Crippen molar-refractivity contribution in [2.45, 2.75) is 255 Å². The average molecular weight is 1300 g/mol. The van der Waals surface area contributed by atoms with Crippen LogP contribution in [0.1, 0.15) is 268 Å². The Bertz CT molecular complexity index is 3230. The Balaban J connectivity index is 2.40. The van der Waals surface area contributed by atoms with Crippen LogP contribution in [0.15, 0.2) is 48.5 Å². The van der Waals surface area contributed by atoms with Gasteiger partial charge < -0.3 is 38.5 Å². The minimum Gasteiger partial charge on any atom is -0.483 e. The van der Waals surface area contributed by atoms with Crippen LogP contribution in [0, 0.1) is 28.6 Å². The summed E-state index contributed by atoms with van der Waals surface area (Å²) in [6.45, 7) is 69.7. The van der Waals surface area contributed by atoms with E-state index in [0.29, 0.717) is 101 Å². The molecule has 0 heterocycles. The Morgan fingerprint density at radius 2 is 0.468 bits per heavy atom. The summed E-state index contributed by atoms with van der Waals surface area (Å²) >= 11 is 0. The zero-order chi connectivity index (χ0) is 71.7. The first-order valence-corrected chi connectivity index (χ1v) is 35.6. The fourth-order valence-electron chi connectivity index (χ4n) is 11.9. The minimum atomic E-state index is -0.421. The molecule has 0 radical (unpaired) electrons. The summed E-state index contributed by atoms with van der Waals surface area (Å²) in [6.07, 6.45) is 1.67. The Labute approximate surface area is 572 Å². The lowest BCUT2D eigenvalue weighted by Gasteiger charge is -2.41. The summed E-state index contributed by atoms with van der Waals surface area (Å²) < 4.78 is 28.1. The number of nitrogens with zero attached hydrogens (tertiary/aromatic N) is 4. The van der Waals surface area contributed by atoms with E-state index in [0.717, 1.165) is 61.2 Å². The van der Waals surface area contributed by atoms with Gasteiger partial charge in [-0.3, -0.25) is 19.2 Å². The molecule has 0 aliphatic rings. The van der Waals surface area contributed by atoms with Crippen LogP contribution in [0.5, 0.6) is 23.0 Å². The molecule has 0 unspecified atom stereocenters.